The first-order chi connectivity index (χ1) is 7.29. The summed E-state index contributed by atoms with van der Waals surface area (Å²) in [4.78, 5) is 2.65. The molecule has 0 aromatic heterocycles. The van der Waals surface area contributed by atoms with Gasteiger partial charge in [0.05, 0.1) is 0 Å². The van der Waals surface area contributed by atoms with Crippen molar-refractivity contribution in [1.29, 1.82) is 0 Å². The second-order valence-electron chi connectivity index (χ2n) is 5.02. The van der Waals surface area contributed by atoms with Crippen LogP contribution in [0, 0.1) is 5.92 Å². The van der Waals surface area contributed by atoms with Crippen LogP contribution in [0.25, 0.3) is 0 Å². The lowest BCUT2D eigenvalue weighted by Gasteiger charge is -2.34. The van der Waals surface area contributed by atoms with Crippen LogP contribution < -0.4 is 5.73 Å². The maximum atomic E-state index is 6.13. The van der Waals surface area contributed by atoms with E-state index in [2.05, 4.69) is 23.6 Å². The van der Waals surface area contributed by atoms with Crippen LogP contribution in [0.1, 0.15) is 32.6 Å². The minimum absolute atomic E-state index is 0.486. The minimum atomic E-state index is 0.486. The maximum Gasteiger partial charge on any atom is 0.0172 e. The molecule has 1 saturated heterocycles. The third-order valence-corrected chi connectivity index (χ3v) is 5.26. The van der Waals surface area contributed by atoms with E-state index in [1.807, 2.05) is 0 Å². The first-order valence-electron chi connectivity index (χ1n) is 6.39. The van der Waals surface area contributed by atoms with Gasteiger partial charge in [0.1, 0.15) is 0 Å². The Balaban J connectivity index is 1.78. The molecule has 2 N–H and O–H groups in total. The van der Waals surface area contributed by atoms with Crippen molar-refractivity contribution in [3.05, 3.63) is 0 Å². The van der Waals surface area contributed by atoms with Gasteiger partial charge in [-0.15, -0.1) is 0 Å². The van der Waals surface area contributed by atoms with Gasteiger partial charge in [-0.2, -0.15) is 11.8 Å². The molecule has 1 aliphatic carbocycles. The Bertz CT molecular complexity index is 198. The van der Waals surface area contributed by atoms with Gasteiger partial charge in [-0.05, 0) is 25.2 Å². The zero-order chi connectivity index (χ0) is 10.7. The Morgan fingerprint density at radius 2 is 2.27 bits per heavy atom. The Labute approximate surface area is 98.0 Å². The van der Waals surface area contributed by atoms with Crippen LogP contribution >= 0.6 is 11.8 Å². The fourth-order valence-electron chi connectivity index (χ4n) is 2.82. The lowest BCUT2D eigenvalue weighted by Crippen LogP contribution is -2.43. The molecule has 2 nitrogen and oxygen atoms in total. The number of hydrogen-bond donors (Lipinski definition) is 1. The van der Waals surface area contributed by atoms with Crippen molar-refractivity contribution in [2.45, 2.75) is 43.9 Å². The van der Waals surface area contributed by atoms with Crippen molar-refractivity contribution in [2.75, 3.05) is 25.4 Å². The quantitative estimate of drug-likeness (QED) is 0.800. The van der Waals surface area contributed by atoms with Crippen LogP contribution in [0.2, 0.25) is 0 Å². The molecule has 1 heterocycles. The highest BCUT2D eigenvalue weighted by molar-refractivity contribution is 8.00. The van der Waals surface area contributed by atoms with Crippen LogP contribution in [0.4, 0.5) is 0 Å². The monoisotopic (exact) mass is 228 g/mol. The molecule has 88 valence electrons. The molecule has 3 unspecified atom stereocenters. The summed E-state index contributed by atoms with van der Waals surface area (Å²) in [5.41, 5.74) is 6.13. The highest BCUT2D eigenvalue weighted by Crippen LogP contribution is 2.27. The summed E-state index contributed by atoms with van der Waals surface area (Å²) < 4.78 is 0. The number of hydrogen-bond acceptors (Lipinski definition) is 3. The van der Waals surface area contributed by atoms with E-state index in [4.69, 9.17) is 5.73 Å². The zero-order valence-corrected chi connectivity index (χ0v) is 10.6. The summed E-state index contributed by atoms with van der Waals surface area (Å²) in [6, 6.07) is 0.486. The van der Waals surface area contributed by atoms with Crippen molar-refractivity contribution in [2.24, 2.45) is 11.7 Å². The van der Waals surface area contributed by atoms with Crippen molar-refractivity contribution >= 4 is 11.8 Å². The second-order valence-corrected chi connectivity index (χ2v) is 6.42. The Morgan fingerprint density at radius 3 is 2.93 bits per heavy atom. The first-order valence-corrected chi connectivity index (χ1v) is 7.44. The smallest absolute Gasteiger partial charge is 0.0172 e. The summed E-state index contributed by atoms with van der Waals surface area (Å²) in [6.07, 6.45) is 5.29. The Morgan fingerprint density at radius 1 is 1.40 bits per heavy atom. The predicted octanol–water partition coefficient (Wildman–Crippen LogP) is 1.94. The molecule has 0 aromatic carbocycles. The SMILES string of the molecule is CCC1CN(CC2CCCC2N)CCS1. The summed E-state index contributed by atoms with van der Waals surface area (Å²) >= 11 is 2.15. The van der Waals surface area contributed by atoms with Crippen LogP contribution in [0.5, 0.6) is 0 Å². The zero-order valence-electron chi connectivity index (χ0n) is 9.82. The fourth-order valence-corrected chi connectivity index (χ4v) is 4.07. The Kier molecular flexibility index (Phi) is 4.35. The minimum Gasteiger partial charge on any atom is -0.327 e. The molecular formula is C12H24N2S. The second kappa shape index (κ2) is 5.55. The van der Waals surface area contributed by atoms with Gasteiger partial charge >= 0.3 is 0 Å². The molecule has 1 saturated carbocycles. The van der Waals surface area contributed by atoms with E-state index in [0.717, 1.165) is 11.2 Å². The third-order valence-electron chi connectivity index (χ3n) is 3.89. The van der Waals surface area contributed by atoms with Gasteiger partial charge < -0.3 is 10.6 Å². The van der Waals surface area contributed by atoms with Gasteiger partial charge in [-0.3, -0.25) is 0 Å². The summed E-state index contributed by atoms with van der Waals surface area (Å²) in [5, 5.41) is 0.872. The average molecular weight is 228 g/mol. The average Bonchev–Trinajstić information content (AvgIpc) is 2.65. The molecule has 0 bridgehead atoms. The largest absolute Gasteiger partial charge is 0.327 e. The molecule has 0 radical (unpaired) electrons. The number of nitrogens with zero attached hydrogens (tertiary/aromatic N) is 1. The standard InChI is InChI=1S/C12H24N2S/c1-2-11-9-14(6-7-15-11)8-10-4-3-5-12(10)13/h10-12H,2-9,13H2,1H3. The topological polar surface area (TPSA) is 29.3 Å². The van der Waals surface area contributed by atoms with Crippen molar-refractivity contribution < 1.29 is 0 Å². The fraction of sp³-hybridized carbons (Fsp3) is 1.00. The van der Waals surface area contributed by atoms with Gasteiger partial charge in [0.25, 0.3) is 0 Å². The first kappa shape index (κ1) is 11.7. The van der Waals surface area contributed by atoms with E-state index in [0.29, 0.717) is 6.04 Å². The van der Waals surface area contributed by atoms with E-state index in [9.17, 15) is 0 Å². The van der Waals surface area contributed by atoms with Gasteiger partial charge in [0.2, 0.25) is 0 Å². The molecule has 3 atom stereocenters. The van der Waals surface area contributed by atoms with Crippen LogP contribution in [-0.4, -0.2) is 41.6 Å². The molecule has 0 amide bonds. The lowest BCUT2D eigenvalue weighted by atomic mass is 10.0. The molecule has 2 rings (SSSR count). The van der Waals surface area contributed by atoms with Gasteiger partial charge in [0, 0.05) is 36.7 Å². The van der Waals surface area contributed by atoms with E-state index >= 15 is 0 Å². The molecule has 2 fully saturated rings. The third kappa shape index (κ3) is 3.11. The lowest BCUT2D eigenvalue weighted by molar-refractivity contribution is 0.228. The molecule has 0 aromatic rings. The predicted molar refractivity (Wildman–Crippen MR) is 68.3 cm³/mol. The van der Waals surface area contributed by atoms with Crippen LogP contribution in [0.3, 0.4) is 0 Å². The Hall–Kier alpha value is 0.270. The van der Waals surface area contributed by atoms with Gasteiger partial charge in [0.15, 0.2) is 0 Å². The van der Waals surface area contributed by atoms with E-state index in [1.54, 1.807) is 0 Å². The van der Waals surface area contributed by atoms with Gasteiger partial charge in [-0.25, -0.2) is 0 Å². The van der Waals surface area contributed by atoms with Crippen molar-refractivity contribution in [1.82, 2.24) is 4.90 Å². The van der Waals surface area contributed by atoms with E-state index in [-0.39, 0.29) is 0 Å². The summed E-state index contributed by atoms with van der Waals surface area (Å²) in [6.45, 7) is 6.15. The van der Waals surface area contributed by atoms with Crippen molar-refractivity contribution in [3.63, 3.8) is 0 Å². The molecule has 1 aliphatic heterocycles. The maximum absolute atomic E-state index is 6.13. The molecule has 2 aliphatic rings. The molecular weight excluding hydrogens is 204 g/mol. The molecule has 15 heavy (non-hydrogen) atoms. The number of thioether (sulfide) groups is 1. The van der Waals surface area contributed by atoms with Gasteiger partial charge in [-0.1, -0.05) is 13.3 Å². The summed E-state index contributed by atoms with van der Waals surface area (Å²) in [7, 11) is 0. The normalized spacial score (nSPS) is 38.4. The molecule has 3 heteroatoms. The van der Waals surface area contributed by atoms with Crippen LogP contribution in [0.15, 0.2) is 0 Å². The van der Waals surface area contributed by atoms with Crippen molar-refractivity contribution in [3.8, 4) is 0 Å². The highest BCUT2D eigenvalue weighted by atomic mass is 32.2. The molecule has 0 spiro atoms. The number of nitrogens with two attached hydrogens (primary N) is 1. The number of rotatable bonds is 3. The highest BCUT2D eigenvalue weighted by Gasteiger charge is 2.27. The van der Waals surface area contributed by atoms with Crippen LogP contribution in [-0.2, 0) is 0 Å². The van der Waals surface area contributed by atoms with E-state index in [1.165, 1.54) is 51.1 Å². The van der Waals surface area contributed by atoms with E-state index < -0.39 is 0 Å². The summed E-state index contributed by atoms with van der Waals surface area (Å²) in [5.74, 6) is 2.10.